The molecular weight excluding hydrogens is 371 g/mol. The Morgan fingerprint density at radius 3 is 2.31 bits per heavy atom. The molecule has 2 aromatic carbocycles. The van der Waals surface area contributed by atoms with Crippen molar-refractivity contribution in [3.05, 3.63) is 59.4 Å². The maximum atomic E-state index is 13.2. The van der Waals surface area contributed by atoms with Crippen molar-refractivity contribution in [1.29, 1.82) is 0 Å². The number of carbonyl (C=O) groups excluding carboxylic acids is 2. The van der Waals surface area contributed by atoms with Crippen LogP contribution in [0.4, 0.5) is 4.39 Å². The van der Waals surface area contributed by atoms with E-state index in [1.807, 2.05) is 25.1 Å². The van der Waals surface area contributed by atoms with Gasteiger partial charge in [-0.2, -0.15) is 0 Å². The third kappa shape index (κ3) is 5.03. The van der Waals surface area contributed by atoms with Crippen LogP contribution in [0.25, 0.3) is 11.1 Å². The Kier molecular flexibility index (Phi) is 6.68. The maximum Gasteiger partial charge on any atom is 0.350 e. The van der Waals surface area contributed by atoms with E-state index in [1.54, 1.807) is 19.1 Å². The summed E-state index contributed by atoms with van der Waals surface area (Å²) < 4.78 is 24.1. The lowest BCUT2D eigenvalue weighted by Gasteiger charge is -2.34. The number of hydrogen-bond donors (Lipinski definition) is 0. The van der Waals surface area contributed by atoms with E-state index < -0.39 is 17.5 Å². The molecule has 29 heavy (non-hydrogen) atoms. The Hall–Kier alpha value is -2.69. The van der Waals surface area contributed by atoms with E-state index in [2.05, 4.69) is 0 Å². The molecule has 0 saturated heterocycles. The molecule has 0 atom stereocenters. The smallest absolute Gasteiger partial charge is 0.350 e. The summed E-state index contributed by atoms with van der Waals surface area (Å²) in [6.45, 7) is 3.94. The molecular formula is C24H27FO4. The Morgan fingerprint density at radius 2 is 1.66 bits per heavy atom. The predicted molar refractivity (Wildman–Crippen MR) is 109 cm³/mol. The summed E-state index contributed by atoms with van der Waals surface area (Å²) in [6, 6.07) is 12.0. The average Bonchev–Trinajstić information content (AvgIpc) is 2.71. The Balaban J connectivity index is 1.77. The van der Waals surface area contributed by atoms with Crippen molar-refractivity contribution < 1.29 is 23.5 Å². The van der Waals surface area contributed by atoms with Gasteiger partial charge in [0.25, 0.3) is 0 Å². The molecule has 1 aliphatic rings. The molecule has 5 heteroatoms. The molecule has 1 aliphatic carbocycles. The summed E-state index contributed by atoms with van der Waals surface area (Å²) in [5.41, 5.74) is 2.40. The number of aryl methyl sites for hydroxylation is 1. The van der Waals surface area contributed by atoms with Crippen LogP contribution in [0.15, 0.2) is 42.5 Å². The summed E-state index contributed by atoms with van der Waals surface area (Å²) in [5.74, 6) is -1.16. The summed E-state index contributed by atoms with van der Waals surface area (Å²) in [6.07, 6.45) is 3.79. The fourth-order valence-electron chi connectivity index (χ4n) is 3.83. The van der Waals surface area contributed by atoms with Crippen molar-refractivity contribution in [2.24, 2.45) is 0 Å². The van der Waals surface area contributed by atoms with Crippen LogP contribution in [0.3, 0.4) is 0 Å². The number of rotatable bonds is 6. The van der Waals surface area contributed by atoms with E-state index >= 15 is 0 Å². The topological polar surface area (TPSA) is 52.6 Å². The predicted octanol–water partition coefficient (Wildman–Crippen LogP) is 5.15. The fraction of sp³-hybridized carbons (Fsp3) is 0.417. The van der Waals surface area contributed by atoms with Gasteiger partial charge in [0.15, 0.2) is 0 Å². The van der Waals surface area contributed by atoms with Crippen molar-refractivity contribution in [2.75, 3.05) is 6.61 Å². The Morgan fingerprint density at radius 1 is 1.00 bits per heavy atom. The molecule has 1 fully saturated rings. The first-order valence-corrected chi connectivity index (χ1v) is 10.2. The highest BCUT2D eigenvalue weighted by molar-refractivity contribution is 5.84. The fourth-order valence-corrected chi connectivity index (χ4v) is 3.83. The largest absolute Gasteiger partial charge is 0.463 e. The van der Waals surface area contributed by atoms with Crippen LogP contribution in [0, 0.1) is 12.7 Å². The molecule has 0 heterocycles. The number of halogens is 1. The van der Waals surface area contributed by atoms with Gasteiger partial charge in [-0.1, -0.05) is 36.8 Å². The maximum absolute atomic E-state index is 13.2. The highest BCUT2D eigenvalue weighted by Gasteiger charge is 2.44. The SMILES string of the molecule is CCOC(=O)C1(OC(=O)Cc2cc(-c3ccc(F)cc3)ccc2C)CCCCC1. The van der Waals surface area contributed by atoms with Gasteiger partial charge in [0, 0.05) is 0 Å². The molecule has 0 bridgehead atoms. The van der Waals surface area contributed by atoms with Gasteiger partial charge in [0.1, 0.15) is 5.82 Å². The van der Waals surface area contributed by atoms with E-state index in [4.69, 9.17) is 9.47 Å². The van der Waals surface area contributed by atoms with Gasteiger partial charge in [0.05, 0.1) is 13.0 Å². The first kappa shape index (κ1) is 21.0. The molecule has 0 amide bonds. The van der Waals surface area contributed by atoms with Crippen molar-refractivity contribution in [1.82, 2.24) is 0 Å². The van der Waals surface area contributed by atoms with Crippen LogP contribution in [-0.2, 0) is 25.5 Å². The first-order chi connectivity index (χ1) is 13.9. The lowest BCUT2D eigenvalue weighted by molar-refractivity contribution is -0.186. The van der Waals surface area contributed by atoms with Crippen molar-refractivity contribution in [2.45, 2.75) is 58.0 Å². The number of hydrogen-bond acceptors (Lipinski definition) is 4. The van der Waals surface area contributed by atoms with E-state index in [0.29, 0.717) is 12.8 Å². The van der Waals surface area contributed by atoms with Gasteiger partial charge >= 0.3 is 11.9 Å². The average molecular weight is 398 g/mol. The molecule has 0 unspecified atom stereocenters. The number of esters is 2. The molecule has 0 aliphatic heterocycles. The normalized spacial score (nSPS) is 15.6. The molecule has 0 aromatic heterocycles. The van der Waals surface area contributed by atoms with Crippen LogP contribution in [0.5, 0.6) is 0 Å². The quantitative estimate of drug-likeness (QED) is 0.631. The van der Waals surface area contributed by atoms with Crippen LogP contribution in [0.2, 0.25) is 0 Å². The van der Waals surface area contributed by atoms with E-state index in [9.17, 15) is 14.0 Å². The van der Waals surface area contributed by atoms with Crippen molar-refractivity contribution in [3.8, 4) is 11.1 Å². The number of ether oxygens (including phenoxy) is 2. The zero-order chi connectivity index (χ0) is 20.9. The molecule has 0 radical (unpaired) electrons. The molecule has 154 valence electrons. The standard InChI is InChI=1S/C24H27FO4/c1-3-28-23(27)24(13-5-4-6-14-24)29-22(26)16-20-15-19(8-7-17(20)2)18-9-11-21(25)12-10-18/h7-12,15H,3-6,13-14,16H2,1-2H3. The van der Waals surface area contributed by atoms with Crippen molar-refractivity contribution >= 4 is 11.9 Å². The van der Waals surface area contributed by atoms with E-state index in [1.165, 1.54) is 12.1 Å². The second-order valence-corrected chi connectivity index (χ2v) is 7.57. The Bertz CT molecular complexity index is 867. The summed E-state index contributed by atoms with van der Waals surface area (Å²) in [5, 5.41) is 0. The summed E-state index contributed by atoms with van der Waals surface area (Å²) >= 11 is 0. The summed E-state index contributed by atoms with van der Waals surface area (Å²) in [4.78, 5) is 25.3. The van der Waals surface area contributed by atoms with Gasteiger partial charge < -0.3 is 9.47 Å². The Labute approximate surface area is 171 Å². The molecule has 1 saturated carbocycles. The van der Waals surface area contributed by atoms with Gasteiger partial charge in [0.2, 0.25) is 5.60 Å². The van der Waals surface area contributed by atoms with Crippen LogP contribution in [0.1, 0.15) is 50.2 Å². The third-order valence-corrected chi connectivity index (χ3v) is 5.48. The highest BCUT2D eigenvalue weighted by atomic mass is 19.1. The van der Waals surface area contributed by atoms with Crippen LogP contribution >= 0.6 is 0 Å². The minimum Gasteiger partial charge on any atom is -0.463 e. The van der Waals surface area contributed by atoms with Gasteiger partial charge in [-0.3, -0.25) is 4.79 Å². The van der Waals surface area contributed by atoms with E-state index in [-0.39, 0.29) is 18.8 Å². The number of benzene rings is 2. The zero-order valence-corrected chi connectivity index (χ0v) is 17.0. The summed E-state index contributed by atoms with van der Waals surface area (Å²) in [7, 11) is 0. The van der Waals surface area contributed by atoms with E-state index in [0.717, 1.165) is 41.5 Å². The minimum atomic E-state index is -1.16. The van der Waals surface area contributed by atoms with Gasteiger partial charge in [-0.25, -0.2) is 9.18 Å². The second kappa shape index (κ2) is 9.21. The molecule has 3 rings (SSSR count). The second-order valence-electron chi connectivity index (χ2n) is 7.57. The third-order valence-electron chi connectivity index (χ3n) is 5.48. The molecule has 0 spiro atoms. The van der Waals surface area contributed by atoms with Gasteiger partial charge in [-0.05, 0) is 73.9 Å². The van der Waals surface area contributed by atoms with Gasteiger partial charge in [-0.15, -0.1) is 0 Å². The number of carbonyl (C=O) groups is 2. The lowest BCUT2D eigenvalue weighted by atomic mass is 9.84. The lowest BCUT2D eigenvalue weighted by Crippen LogP contribution is -2.46. The van der Waals surface area contributed by atoms with Crippen molar-refractivity contribution in [3.63, 3.8) is 0 Å². The van der Waals surface area contributed by atoms with Crippen LogP contribution < -0.4 is 0 Å². The van der Waals surface area contributed by atoms with Crippen LogP contribution in [-0.4, -0.2) is 24.1 Å². The molecule has 2 aromatic rings. The molecule has 4 nitrogen and oxygen atoms in total. The monoisotopic (exact) mass is 398 g/mol. The molecule has 0 N–H and O–H groups in total. The first-order valence-electron chi connectivity index (χ1n) is 10.2. The highest BCUT2D eigenvalue weighted by Crippen LogP contribution is 2.33. The minimum absolute atomic E-state index is 0.0715. The zero-order valence-electron chi connectivity index (χ0n) is 17.0.